The molecule has 0 heterocycles. The topological polar surface area (TPSA) is 66.4 Å². The minimum atomic E-state index is -0.883. The third kappa shape index (κ3) is 6.71. The van der Waals surface area contributed by atoms with Crippen LogP contribution in [0.15, 0.2) is 0 Å². The van der Waals surface area contributed by atoms with Crippen LogP contribution in [0.4, 0.5) is 0 Å². The van der Waals surface area contributed by atoms with E-state index >= 15 is 0 Å². The number of aliphatic carboxylic acids is 1. The maximum atomic E-state index is 11.4. The lowest BCUT2D eigenvalue weighted by molar-refractivity contribution is -0.133. The molecule has 0 aliphatic heterocycles. The molecule has 1 unspecified atom stereocenters. The van der Waals surface area contributed by atoms with Gasteiger partial charge in [0.2, 0.25) is 5.91 Å². The molecule has 0 saturated heterocycles. The molecule has 2 N–H and O–H groups in total. The van der Waals surface area contributed by atoms with E-state index in [2.05, 4.69) is 19.2 Å². The van der Waals surface area contributed by atoms with E-state index in [0.29, 0.717) is 5.92 Å². The van der Waals surface area contributed by atoms with Crippen molar-refractivity contribution in [3.63, 3.8) is 0 Å². The van der Waals surface area contributed by atoms with Crippen LogP contribution in [0.2, 0.25) is 0 Å². The highest BCUT2D eigenvalue weighted by Gasteiger charge is 2.15. The van der Waals surface area contributed by atoms with Gasteiger partial charge >= 0.3 is 5.97 Å². The SMILES string of the molecule is CCC(CC)C(C)NC(=O)CSCC(=O)O. The summed E-state index contributed by atoms with van der Waals surface area (Å²) in [7, 11) is 0. The average molecular weight is 247 g/mol. The summed E-state index contributed by atoms with van der Waals surface area (Å²) in [5, 5.41) is 11.3. The molecule has 1 atom stereocenters. The summed E-state index contributed by atoms with van der Waals surface area (Å²) in [6.07, 6.45) is 2.08. The molecule has 0 spiro atoms. The van der Waals surface area contributed by atoms with Gasteiger partial charge in [0.15, 0.2) is 0 Å². The lowest BCUT2D eigenvalue weighted by Crippen LogP contribution is -2.38. The Hall–Kier alpha value is -0.710. The lowest BCUT2D eigenvalue weighted by atomic mass is 9.95. The zero-order chi connectivity index (χ0) is 12.6. The van der Waals surface area contributed by atoms with Gasteiger partial charge in [-0.25, -0.2) is 0 Å². The Morgan fingerprint density at radius 2 is 1.81 bits per heavy atom. The van der Waals surface area contributed by atoms with Crippen molar-refractivity contribution in [2.75, 3.05) is 11.5 Å². The largest absolute Gasteiger partial charge is 0.481 e. The Balaban J connectivity index is 3.81. The van der Waals surface area contributed by atoms with E-state index < -0.39 is 5.97 Å². The van der Waals surface area contributed by atoms with E-state index in [1.54, 1.807) is 0 Å². The van der Waals surface area contributed by atoms with Crippen molar-refractivity contribution in [2.24, 2.45) is 5.92 Å². The number of carbonyl (C=O) groups is 2. The first-order valence-electron chi connectivity index (χ1n) is 5.60. The zero-order valence-electron chi connectivity index (χ0n) is 10.2. The van der Waals surface area contributed by atoms with Crippen molar-refractivity contribution in [1.82, 2.24) is 5.32 Å². The van der Waals surface area contributed by atoms with Gasteiger partial charge in [-0.3, -0.25) is 9.59 Å². The van der Waals surface area contributed by atoms with Gasteiger partial charge < -0.3 is 10.4 Å². The van der Waals surface area contributed by atoms with Gasteiger partial charge in [0, 0.05) is 6.04 Å². The summed E-state index contributed by atoms with van der Waals surface area (Å²) in [4.78, 5) is 21.7. The molecule has 0 aliphatic carbocycles. The van der Waals surface area contributed by atoms with Crippen molar-refractivity contribution < 1.29 is 14.7 Å². The Bertz CT molecular complexity index is 229. The van der Waals surface area contributed by atoms with Gasteiger partial charge in [-0.15, -0.1) is 11.8 Å². The fourth-order valence-electron chi connectivity index (χ4n) is 1.64. The van der Waals surface area contributed by atoms with Crippen LogP contribution in [-0.2, 0) is 9.59 Å². The van der Waals surface area contributed by atoms with E-state index in [0.717, 1.165) is 24.6 Å². The number of carboxylic acid groups (broad SMARTS) is 1. The van der Waals surface area contributed by atoms with Crippen LogP contribution in [-0.4, -0.2) is 34.5 Å². The van der Waals surface area contributed by atoms with Crippen LogP contribution in [0.1, 0.15) is 33.6 Å². The molecule has 0 aromatic heterocycles. The first-order chi connectivity index (χ1) is 7.51. The minimum Gasteiger partial charge on any atom is -0.481 e. The molecule has 0 saturated carbocycles. The normalized spacial score (nSPS) is 12.5. The van der Waals surface area contributed by atoms with Gasteiger partial charge in [-0.05, 0) is 12.8 Å². The standard InChI is InChI=1S/C11H21NO3S/c1-4-9(5-2)8(3)12-10(13)6-16-7-11(14)15/h8-9H,4-7H2,1-3H3,(H,12,13)(H,14,15). The number of hydrogen-bond acceptors (Lipinski definition) is 3. The zero-order valence-corrected chi connectivity index (χ0v) is 11.0. The van der Waals surface area contributed by atoms with Crippen LogP contribution >= 0.6 is 11.8 Å². The summed E-state index contributed by atoms with van der Waals surface area (Å²) in [5.41, 5.74) is 0. The van der Waals surface area contributed by atoms with Gasteiger partial charge in [-0.2, -0.15) is 0 Å². The lowest BCUT2D eigenvalue weighted by Gasteiger charge is -2.22. The monoisotopic (exact) mass is 247 g/mol. The molecular formula is C11H21NO3S. The molecule has 0 radical (unpaired) electrons. The Morgan fingerprint density at radius 3 is 2.25 bits per heavy atom. The third-order valence-electron chi connectivity index (χ3n) is 2.60. The molecule has 0 rings (SSSR count). The Labute approximate surface area is 101 Å². The van der Waals surface area contributed by atoms with Gasteiger partial charge in [0.1, 0.15) is 0 Å². The van der Waals surface area contributed by atoms with Crippen LogP contribution < -0.4 is 5.32 Å². The molecule has 0 aliphatic rings. The summed E-state index contributed by atoms with van der Waals surface area (Å²) in [6.45, 7) is 6.21. The van der Waals surface area contributed by atoms with E-state index in [1.807, 2.05) is 6.92 Å². The highest BCUT2D eigenvalue weighted by molar-refractivity contribution is 8.00. The quantitative estimate of drug-likeness (QED) is 0.685. The molecule has 0 fully saturated rings. The van der Waals surface area contributed by atoms with Crippen molar-refractivity contribution >= 4 is 23.6 Å². The molecular weight excluding hydrogens is 226 g/mol. The predicted molar refractivity (Wildman–Crippen MR) is 66.6 cm³/mol. The smallest absolute Gasteiger partial charge is 0.313 e. The van der Waals surface area contributed by atoms with E-state index in [1.165, 1.54) is 0 Å². The number of thioether (sulfide) groups is 1. The molecule has 1 amide bonds. The first kappa shape index (κ1) is 15.3. The third-order valence-corrected chi connectivity index (χ3v) is 3.52. The molecule has 16 heavy (non-hydrogen) atoms. The van der Waals surface area contributed by atoms with Crippen molar-refractivity contribution in [1.29, 1.82) is 0 Å². The van der Waals surface area contributed by atoms with Crippen molar-refractivity contribution in [3.05, 3.63) is 0 Å². The average Bonchev–Trinajstić information content (AvgIpc) is 2.18. The van der Waals surface area contributed by atoms with Gasteiger partial charge in [-0.1, -0.05) is 26.7 Å². The second kappa shape index (κ2) is 8.44. The second-order valence-corrected chi connectivity index (χ2v) is 4.80. The van der Waals surface area contributed by atoms with E-state index in [-0.39, 0.29) is 23.5 Å². The molecule has 5 heteroatoms. The number of carbonyl (C=O) groups excluding carboxylic acids is 1. The Kier molecular flexibility index (Phi) is 8.07. The molecule has 94 valence electrons. The summed E-state index contributed by atoms with van der Waals surface area (Å²) >= 11 is 1.13. The van der Waals surface area contributed by atoms with E-state index in [4.69, 9.17) is 5.11 Å². The maximum Gasteiger partial charge on any atom is 0.313 e. The van der Waals surface area contributed by atoms with E-state index in [9.17, 15) is 9.59 Å². The molecule has 0 aromatic rings. The number of carboxylic acids is 1. The first-order valence-corrected chi connectivity index (χ1v) is 6.75. The van der Waals surface area contributed by atoms with Gasteiger partial charge in [0.05, 0.1) is 11.5 Å². The summed E-state index contributed by atoms with van der Waals surface area (Å²) in [6, 6.07) is 0.160. The number of amides is 1. The minimum absolute atomic E-state index is 0.0210. The summed E-state index contributed by atoms with van der Waals surface area (Å²) < 4.78 is 0. The fourth-order valence-corrected chi connectivity index (χ4v) is 2.19. The fraction of sp³-hybridized carbons (Fsp3) is 0.818. The second-order valence-electron chi connectivity index (χ2n) is 3.82. The predicted octanol–water partition coefficient (Wildman–Crippen LogP) is 1.75. The van der Waals surface area contributed by atoms with Crippen LogP contribution in [0, 0.1) is 5.92 Å². The number of nitrogens with one attached hydrogen (secondary N) is 1. The highest BCUT2D eigenvalue weighted by Crippen LogP contribution is 2.12. The van der Waals surface area contributed by atoms with Gasteiger partial charge in [0.25, 0.3) is 0 Å². The maximum absolute atomic E-state index is 11.4. The molecule has 0 bridgehead atoms. The summed E-state index contributed by atoms with van der Waals surface area (Å²) in [5.74, 6) is -0.270. The number of rotatable bonds is 8. The molecule has 4 nitrogen and oxygen atoms in total. The Morgan fingerprint density at radius 1 is 1.25 bits per heavy atom. The van der Waals surface area contributed by atoms with Crippen LogP contribution in [0.3, 0.4) is 0 Å². The van der Waals surface area contributed by atoms with Crippen LogP contribution in [0.25, 0.3) is 0 Å². The molecule has 0 aromatic carbocycles. The van der Waals surface area contributed by atoms with Crippen molar-refractivity contribution in [3.8, 4) is 0 Å². The number of hydrogen-bond donors (Lipinski definition) is 2. The van der Waals surface area contributed by atoms with Crippen molar-refractivity contribution in [2.45, 2.75) is 39.7 Å². The highest BCUT2D eigenvalue weighted by atomic mass is 32.2. The van der Waals surface area contributed by atoms with Crippen LogP contribution in [0.5, 0.6) is 0 Å².